The Bertz CT molecular complexity index is 963. The molecule has 1 aliphatic rings. The van der Waals surface area contributed by atoms with Crippen LogP contribution in [0.25, 0.3) is 0 Å². The molecule has 0 aromatic heterocycles. The van der Waals surface area contributed by atoms with Gasteiger partial charge in [0, 0.05) is 38.4 Å². The Hall–Kier alpha value is -2.93. The van der Waals surface area contributed by atoms with Crippen molar-refractivity contribution in [3.05, 3.63) is 65.0 Å². The van der Waals surface area contributed by atoms with E-state index in [2.05, 4.69) is 16.3 Å². The monoisotopic (exact) mass is 441 g/mol. The largest absolute Gasteiger partial charge is 0.444 e. The molecule has 0 aliphatic carbocycles. The Morgan fingerprint density at radius 2 is 1.75 bits per heavy atom. The van der Waals surface area contributed by atoms with E-state index in [-0.39, 0.29) is 11.7 Å². The molecule has 2 amide bonds. The summed E-state index contributed by atoms with van der Waals surface area (Å²) in [5, 5.41) is 2.84. The molecule has 0 radical (unpaired) electrons. The van der Waals surface area contributed by atoms with Crippen molar-refractivity contribution >= 4 is 17.7 Å². The van der Waals surface area contributed by atoms with Gasteiger partial charge in [0.25, 0.3) is 5.91 Å². The second kappa shape index (κ2) is 10.1. The van der Waals surface area contributed by atoms with Crippen LogP contribution in [0.1, 0.15) is 49.2 Å². The van der Waals surface area contributed by atoms with E-state index in [0.29, 0.717) is 18.8 Å². The second-order valence-corrected chi connectivity index (χ2v) is 9.02. The first kappa shape index (κ1) is 23.7. The van der Waals surface area contributed by atoms with Crippen molar-refractivity contribution in [2.45, 2.75) is 46.3 Å². The lowest BCUT2D eigenvalue weighted by molar-refractivity contribution is 0.0139. The van der Waals surface area contributed by atoms with Gasteiger partial charge in [-0.1, -0.05) is 31.2 Å². The summed E-state index contributed by atoms with van der Waals surface area (Å²) in [5.41, 5.74) is 2.37. The number of nitrogens with zero attached hydrogens (tertiary/aromatic N) is 2. The molecular weight excluding hydrogens is 409 g/mol. The molecule has 32 heavy (non-hydrogen) atoms. The molecule has 1 heterocycles. The minimum absolute atomic E-state index is 0.0292. The summed E-state index contributed by atoms with van der Waals surface area (Å²) < 4.78 is 19.4. The Morgan fingerprint density at radius 1 is 1.06 bits per heavy atom. The molecular formula is C25H32FN3O3. The van der Waals surface area contributed by atoms with Crippen LogP contribution >= 0.6 is 0 Å². The van der Waals surface area contributed by atoms with Crippen LogP contribution in [0.3, 0.4) is 0 Å². The fourth-order valence-electron chi connectivity index (χ4n) is 3.67. The topological polar surface area (TPSA) is 61.9 Å². The number of rotatable bonds is 5. The maximum absolute atomic E-state index is 13.9. The predicted molar refractivity (Wildman–Crippen MR) is 123 cm³/mol. The molecule has 7 heteroatoms. The third-order valence-corrected chi connectivity index (χ3v) is 5.35. The molecule has 2 aromatic carbocycles. The van der Waals surface area contributed by atoms with E-state index in [1.807, 2.05) is 39.8 Å². The van der Waals surface area contributed by atoms with Crippen LogP contribution in [0, 0.1) is 5.82 Å². The van der Waals surface area contributed by atoms with Gasteiger partial charge in [-0.2, -0.15) is 0 Å². The van der Waals surface area contributed by atoms with Crippen LogP contribution in [0.5, 0.6) is 0 Å². The molecule has 1 aliphatic heterocycles. The molecule has 1 fully saturated rings. The van der Waals surface area contributed by atoms with Crippen LogP contribution in [0.2, 0.25) is 0 Å². The quantitative estimate of drug-likeness (QED) is 0.731. The van der Waals surface area contributed by atoms with Crippen molar-refractivity contribution in [2.75, 3.05) is 31.5 Å². The van der Waals surface area contributed by atoms with Crippen LogP contribution in [0.4, 0.5) is 14.9 Å². The van der Waals surface area contributed by atoms with Gasteiger partial charge in [-0.15, -0.1) is 0 Å². The number of carbonyl (C=O) groups is 2. The molecule has 6 nitrogen and oxygen atoms in total. The fourth-order valence-corrected chi connectivity index (χ4v) is 3.67. The van der Waals surface area contributed by atoms with Crippen molar-refractivity contribution in [3.8, 4) is 0 Å². The van der Waals surface area contributed by atoms with Crippen molar-refractivity contribution in [1.82, 2.24) is 9.80 Å². The van der Waals surface area contributed by atoms with E-state index in [1.54, 1.807) is 17.0 Å². The Labute approximate surface area is 189 Å². The minimum Gasteiger partial charge on any atom is -0.444 e. The highest BCUT2D eigenvalue weighted by molar-refractivity contribution is 6.04. The summed E-state index contributed by atoms with van der Waals surface area (Å²) in [7, 11) is 0. The number of hydrogen-bond acceptors (Lipinski definition) is 4. The van der Waals surface area contributed by atoms with Crippen LogP contribution in [-0.4, -0.2) is 53.6 Å². The summed E-state index contributed by atoms with van der Waals surface area (Å²) in [6, 6.07) is 11.9. The fraction of sp³-hybridized carbons (Fsp3) is 0.440. The number of halogens is 1. The predicted octanol–water partition coefficient (Wildman–Crippen LogP) is 4.69. The van der Waals surface area contributed by atoms with Crippen molar-refractivity contribution in [3.63, 3.8) is 0 Å². The van der Waals surface area contributed by atoms with Gasteiger partial charge in [0.2, 0.25) is 0 Å². The number of amides is 2. The lowest BCUT2D eigenvalue weighted by Crippen LogP contribution is -2.49. The normalized spacial score (nSPS) is 14.8. The lowest BCUT2D eigenvalue weighted by Gasteiger charge is -2.35. The van der Waals surface area contributed by atoms with Gasteiger partial charge in [-0.25, -0.2) is 9.18 Å². The summed E-state index contributed by atoms with van der Waals surface area (Å²) >= 11 is 0. The highest BCUT2D eigenvalue weighted by Gasteiger charge is 2.26. The van der Waals surface area contributed by atoms with Gasteiger partial charge in [0.05, 0.1) is 5.56 Å². The summed E-state index contributed by atoms with van der Waals surface area (Å²) in [6.45, 7) is 11.2. The zero-order chi connectivity index (χ0) is 23.3. The summed E-state index contributed by atoms with van der Waals surface area (Å²) in [4.78, 5) is 28.8. The molecule has 0 spiro atoms. The number of ether oxygens (including phenoxy) is 1. The third-order valence-electron chi connectivity index (χ3n) is 5.35. The molecule has 1 N–H and O–H groups in total. The van der Waals surface area contributed by atoms with E-state index < -0.39 is 17.3 Å². The second-order valence-electron chi connectivity index (χ2n) is 9.02. The Kier molecular flexibility index (Phi) is 7.51. The van der Waals surface area contributed by atoms with E-state index in [0.717, 1.165) is 37.2 Å². The Balaban J connectivity index is 1.59. The summed E-state index contributed by atoms with van der Waals surface area (Å²) in [6.07, 6.45) is 0.480. The average molecular weight is 442 g/mol. The number of anilines is 1. The van der Waals surface area contributed by atoms with Crippen molar-refractivity contribution < 1.29 is 18.7 Å². The molecule has 172 valence electrons. The van der Waals surface area contributed by atoms with E-state index in [9.17, 15) is 14.0 Å². The SMILES string of the molecule is CCc1cc(CN2CCN(C(=O)OC(C)(C)C)CC2)ccc1NC(=O)c1ccccc1F. The lowest BCUT2D eigenvalue weighted by atomic mass is 10.0. The first-order chi connectivity index (χ1) is 15.2. The highest BCUT2D eigenvalue weighted by atomic mass is 19.1. The summed E-state index contributed by atoms with van der Waals surface area (Å²) in [5.74, 6) is -0.992. The van der Waals surface area contributed by atoms with Gasteiger partial charge in [0.15, 0.2) is 0 Å². The van der Waals surface area contributed by atoms with E-state index in [1.165, 1.54) is 12.1 Å². The molecule has 0 bridgehead atoms. The Morgan fingerprint density at radius 3 is 2.38 bits per heavy atom. The number of piperazine rings is 1. The van der Waals surface area contributed by atoms with Crippen LogP contribution in [-0.2, 0) is 17.7 Å². The molecule has 0 saturated carbocycles. The van der Waals surface area contributed by atoms with Crippen LogP contribution < -0.4 is 5.32 Å². The van der Waals surface area contributed by atoms with Gasteiger partial charge in [-0.05, 0) is 56.5 Å². The molecule has 0 atom stereocenters. The smallest absolute Gasteiger partial charge is 0.410 e. The number of benzene rings is 2. The maximum atomic E-state index is 13.9. The minimum atomic E-state index is -0.537. The number of nitrogens with one attached hydrogen (secondary N) is 1. The zero-order valence-corrected chi connectivity index (χ0v) is 19.3. The zero-order valence-electron chi connectivity index (χ0n) is 19.3. The number of aryl methyl sites for hydroxylation is 1. The van der Waals surface area contributed by atoms with Crippen molar-refractivity contribution in [2.24, 2.45) is 0 Å². The number of carbonyl (C=O) groups excluding carboxylic acids is 2. The van der Waals surface area contributed by atoms with Gasteiger partial charge in [-0.3, -0.25) is 9.69 Å². The number of hydrogen-bond donors (Lipinski definition) is 1. The van der Waals surface area contributed by atoms with Crippen molar-refractivity contribution in [1.29, 1.82) is 0 Å². The van der Waals surface area contributed by atoms with E-state index >= 15 is 0 Å². The standard InChI is InChI=1S/C25H32FN3O3/c1-5-19-16-18(10-11-22(19)27-23(30)20-8-6-7-9-21(20)26)17-28-12-14-29(15-13-28)24(31)32-25(2,3)4/h6-11,16H,5,12-15,17H2,1-4H3,(H,27,30). The van der Waals surface area contributed by atoms with Gasteiger partial charge < -0.3 is 15.0 Å². The average Bonchev–Trinajstić information content (AvgIpc) is 2.74. The first-order valence-electron chi connectivity index (χ1n) is 11.0. The third kappa shape index (κ3) is 6.29. The highest BCUT2D eigenvalue weighted by Crippen LogP contribution is 2.22. The van der Waals surface area contributed by atoms with Gasteiger partial charge >= 0.3 is 6.09 Å². The van der Waals surface area contributed by atoms with Gasteiger partial charge in [0.1, 0.15) is 11.4 Å². The first-order valence-corrected chi connectivity index (χ1v) is 11.0. The molecule has 1 saturated heterocycles. The maximum Gasteiger partial charge on any atom is 0.410 e. The molecule has 3 rings (SSSR count). The molecule has 0 unspecified atom stereocenters. The molecule has 2 aromatic rings. The van der Waals surface area contributed by atoms with Crippen LogP contribution in [0.15, 0.2) is 42.5 Å². The van der Waals surface area contributed by atoms with E-state index in [4.69, 9.17) is 4.74 Å².